The van der Waals surface area contributed by atoms with E-state index in [0.717, 1.165) is 11.1 Å². The van der Waals surface area contributed by atoms with Gasteiger partial charge < -0.3 is 18.5 Å². The molecule has 0 spiro atoms. The molecule has 3 aromatic rings. The molecular formula is C18H18N4O3. The van der Waals surface area contributed by atoms with Crippen molar-refractivity contribution >= 4 is 11.4 Å². The van der Waals surface area contributed by atoms with E-state index in [0.29, 0.717) is 38.1 Å². The number of rotatable bonds is 2. The molecule has 128 valence electrons. The Hall–Kier alpha value is -2.67. The van der Waals surface area contributed by atoms with Gasteiger partial charge in [0.05, 0.1) is 29.7 Å². The van der Waals surface area contributed by atoms with E-state index in [1.165, 1.54) is 0 Å². The van der Waals surface area contributed by atoms with Crippen LogP contribution in [0.5, 0.6) is 0 Å². The normalized spacial score (nSPS) is 25.6. The molecule has 3 aromatic heterocycles. The van der Waals surface area contributed by atoms with Crippen LogP contribution >= 0.6 is 0 Å². The van der Waals surface area contributed by atoms with Crippen LogP contribution in [0.25, 0.3) is 5.52 Å². The van der Waals surface area contributed by atoms with E-state index in [4.69, 9.17) is 9.15 Å². The van der Waals surface area contributed by atoms with Crippen LogP contribution < -0.4 is 0 Å². The number of likely N-dealkylation sites (tertiary alicyclic amines) is 1. The third-order valence-corrected chi connectivity index (χ3v) is 5.41. The average molecular weight is 338 g/mol. The number of fused-ring (bicyclic) bond motifs is 2. The van der Waals surface area contributed by atoms with Gasteiger partial charge in [0, 0.05) is 38.3 Å². The summed E-state index contributed by atoms with van der Waals surface area (Å²) < 4.78 is 13.4. The Bertz CT molecular complexity index is 962. The average Bonchev–Trinajstić information content (AvgIpc) is 3.35. The van der Waals surface area contributed by atoms with Crippen molar-refractivity contribution in [2.24, 2.45) is 5.92 Å². The van der Waals surface area contributed by atoms with E-state index < -0.39 is 0 Å². The summed E-state index contributed by atoms with van der Waals surface area (Å²) in [5.41, 5.74) is 1.26. The van der Waals surface area contributed by atoms with E-state index in [-0.39, 0.29) is 17.2 Å². The molecule has 2 aliphatic rings. The number of aromatic nitrogens is 3. The maximum absolute atomic E-state index is 13.1. The summed E-state index contributed by atoms with van der Waals surface area (Å²) in [6.07, 6.45) is 3.86. The van der Waals surface area contributed by atoms with Crippen LogP contribution in [-0.2, 0) is 10.2 Å². The van der Waals surface area contributed by atoms with Gasteiger partial charge in [0.25, 0.3) is 5.91 Å². The van der Waals surface area contributed by atoms with Gasteiger partial charge in [-0.2, -0.15) is 0 Å². The molecule has 0 unspecified atom stereocenters. The predicted octanol–water partition coefficient (Wildman–Crippen LogP) is 1.67. The monoisotopic (exact) mass is 338 g/mol. The highest BCUT2D eigenvalue weighted by molar-refractivity contribution is 6.01. The van der Waals surface area contributed by atoms with Crippen molar-refractivity contribution in [1.29, 1.82) is 0 Å². The molecule has 0 N–H and O–H groups in total. The maximum Gasteiger partial charge on any atom is 0.256 e. The van der Waals surface area contributed by atoms with Crippen molar-refractivity contribution in [2.45, 2.75) is 12.3 Å². The van der Waals surface area contributed by atoms with Gasteiger partial charge in [-0.25, -0.2) is 0 Å². The highest BCUT2D eigenvalue weighted by atomic mass is 16.5. The molecule has 5 heterocycles. The zero-order chi connectivity index (χ0) is 17.0. The molecule has 1 amide bonds. The second-order valence-corrected chi connectivity index (χ2v) is 6.90. The lowest BCUT2D eigenvalue weighted by molar-refractivity contribution is 0.0740. The van der Waals surface area contributed by atoms with Crippen LogP contribution in [0.1, 0.15) is 22.1 Å². The Morgan fingerprint density at radius 2 is 2.20 bits per heavy atom. The van der Waals surface area contributed by atoms with Crippen molar-refractivity contribution in [2.75, 3.05) is 26.3 Å². The molecule has 2 saturated heterocycles. The number of hydrogen-bond acceptors (Lipinski definition) is 5. The van der Waals surface area contributed by atoms with Crippen LogP contribution in [0.15, 0.2) is 41.1 Å². The summed E-state index contributed by atoms with van der Waals surface area (Å²) in [5, 5.41) is 8.20. The first-order valence-corrected chi connectivity index (χ1v) is 8.41. The number of ether oxygens (including phenoxy) is 1. The minimum Gasteiger partial charge on any atom is -0.425 e. The minimum atomic E-state index is -0.382. The largest absolute Gasteiger partial charge is 0.425 e. The van der Waals surface area contributed by atoms with Crippen LogP contribution in [-0.4, -0.2) is 51.7 Å². The SMILES string of the molecule is Cc1nnc([C@]23COC[C@H]2CN(C(=O)c2ccn4ccccc24)C3)o1. The molecule has 0 bridgehead atoms. The zero-order valence-corrected chi connectivity index (χ0v) is 13.9. The molecule has 5 rings (SSSR count). The lowest BCUT2D eigenvalue weighted by Crippen LogP contribution is -2.37. The number of hydrogen-bond donors (Lipinski definition) is 0. The van der Waals surface area contributed by atoms with Gasteiger partial charge >= 0.3 is 0 Å². The van der Waals surface area contributed by atoms with E-state index in [9.17, 15) is 4.79 Å². The van der Waals surface area contributed by atoms with E-state index in [1.54, 1.807) is 6.92 Å². The van der Waals surface area contributed by atoms with Crippen LogP contribution in [0.2, 0.25) is 0 Å². The molecule has 2 atom stereocenters. The number of amides is 1. The molecule has 2 aliphatic heterocycles. The summed E-state index contributed by atoms with van der Waals surface area (Å²) in [4.78, 5) is 15.0. The van der Waals surface area contributed by atoms with Crippen LogP contribution in [0.4, 0.5) is 0 Å². The van der Waals surface area contributed by atoms with E-state index in [2.05, 4.69) is 10.2 Å². The summed E-state index contributed by atoms with van der Waals surface area (Å²) in [6.45, 7) is 4.09. The van der Waals surface area contributed by atoms with Gasteiger partial charge in [0.1, 0.15) is 0 Å². The van der Waals surface area contributed by atoms with E-state index in [1.807, 2.05) is 46.0 Å². The molecule has 7 nitrogen and oxygen atoms in total. The number of carbonyl (C=O) groups excluding carboxylic acids is 1. The molecule has 25 heavy (non-hydrogen) atoms. The first-order valence-electron chi connectivity index (χ1n) is 8.41. The van der Waals surface area contributed by atoms with Gasteiger partial charge in [0.15, 0.2) is 0 Å². The first-order chi connectivity index (χ1) is 12.2. The Labute approximate surface area is 144 Å². The third kappa shape index (κ3) is 2.05. The summed E-state index contributed by atoms with van der Waals surface area (Å²) in [6, 6.07) is 7.74. The molecule has 0 aromatic carbocycles. The summed E-state index contributed by atoms with van der Waals surface area (Å²) in [7, 11) is 0. The quantitative estimate of drug-likeness (QED) is 0.711. The zero-order valence-electron chi connectivity index (χ0n) is 13.9. The van der Waals surface area contributed by atoms with Crippen molar-refractivity contribution in [3.63, 3.8) is 0 Å². The minimum absolute atomic E-state index is 0.0405. The number of aryl methyl sites for hydroxylation is 1. The lowest BCUT2D eigenvalue weighted by Gasteiger charge is -2.22. The number of pyridine rings is 1. The Kier molecular flexibility index (Phi) is 3.03. The van der Waals surface area contributed by atoms with Crippen molar-refractivity contribution < 1.29 is 13.9 Å². The summed E-state index contributed by atoms with van der Waals surface area (Å²) >= 11 is 0. The molecule has 0 aliphatic carbocycles. The first kappa shape index (κ1) is 14.7. The second-order valence-electron chi connectivity index (χ2n) is 6.90. The molecular weight excluding hydrogens is 320 g/mol. The maximum atomic E-state index is 13.1. The smallest absolute Gasteiger partial charge is 0.256 e. The highest BCUT2D eigenvalue weighted by Gasteiger charge is 2.56. The molecule has 7 heteroatoms. The van der Waals surface area contributed by atoms with Gasteiger partial charge in [-0.05, 0) is 18.2 Å². The van der Waals surface area contributed by atoms with Crippen molar-refractivity contribution in [3.05, 3.63) is 54.0 Å². The Morgan fingerprint density at radius 3 is 3.04 bits per heavy atom. The van der Waals surface area contributed by atoms with Gasteiger partial charge in [-0.15, -0.1) is 10.2 Å². The van der Waals surface area contributed by atoms with Gasteiger partial charge in [-0.3, -0.25) is 4.79 Å². The Morgan fingerprint density at radius 1 is 1.28 bits per heavy atom. The molecule has 0 saturated carbocycles. The van der Waals surface area contributed by atoms with Crippen molar-refractivity contribution in [3.8, 4) is 0 Å². The second kappa shape index (κ2) is 5.16. The number of carbonyl (C=O) groups is 1. The number of nitrogens with zero attached hydrogens (tertiary/aromatic N) is 4. The topological polar surface area (TPSA) is 72.9 Å². The fraction of sp³-hybridized carbons (Fsp3) is 0.389. The van der Waals surface area contributed by atoms with Crippen LogP contribution in [0.3, 0.4) is 0 Å². The Balaban J connectivity index is 1.49. The van der Waals surface area contributed by atoms with Gasteiger partial charge in [-0.1, -0.05) is 6.07 Å². The van der Waals surface area contributed by atoms with E-state index >= 15 is 0 Å². The molecule has 0 radical (unpaired) electrons. The predicted molar refractivity (Wildman–Crippen MR) is 88.3 cm³/mol. The highest BCUT2D eigenvalue weighted by Crippen LogP contribution is 2.43. The fourth-order valence-corrected chi connectivity index (χ4v) is 4.10. The van der Waals surface area contributed by atoms with Crippen LogP contribution in [0, 0.1) is 12.8 Å². The van der Waals surface area contributed by atoms with Gasteiger partial charge in [0.2, 0.25) is 11.8 Å². The third-order valence-electron chi connectivity index (χ3n) is 5.41. The fourth-order valence-electron chi connectivity index (χ4n) is 4.10. The molecule has 2 fully saturated rings. The lowest BCUT2D eigenvalue weighted by atomic mass is 9.81. The standard InChI is InChI=1S/C18H18N4O3/c1-12-19-20-17(25-12)18-10-22(8-13(18)9-24-11-18)16(23)14-5-7-21-6-3-2-4-15(14)21/h2-7,13H,8-11H2,1H3/t13-,18-/m1/s1. The summed E-state index contributed by atoms with van der Waals surface area (Å²) in [5.74, 6) is 1.35. The van der Waals surface area contributed by atoms with Crippen molar-refractivity contribution in [1.82, 2.24) is 19.5 Å².